The molecule has 2 bridgehead atoms. The van der Waals surface area contributed by atoms with Gasteiger partial charge in [-0.25, -0.2) is 27.2 Å². The van der Waals surface area contributed by atoms with Crippen molar-refractivity contribution in [3.8, 4) is 11.6 Å². The number of hydrogen-bond acceptors (Lipinski definition) is 11. The highest BCUT2D eigenvalue weighted by atomic mass is 35.5. The second kappa shape index (κ2) is 15.7. The third-order valence-electron chi connectivity index (χ3n) is 12.9. The average Bonchev–Trinajstić information content (AvgIpc) is 4.11. The summed E-state index contributed by atoms with van der Waals surface area (Å²) in [4.78, 5) is 68.0. The highest BCUT2D eigenvalue weighted by Crippen LogP contribution is 2.60. The number of benzene rings is 1. The van der Waals surface area contributed by atoms with Gasteiger partial charge in [-0.05, 0) is 74.8 Å². The topological polar surface area (TPSA) is 171 Å². The van der Waals surface area contributed by atoms with Crippen LogP contribution in [0.15, 0.2) is 18.2 Å². The van der Waals surface area contributed by atoms with Crippen LogP contribution in [0, 0.1) is 34.5 Å². The van der Waals surface area contributed by atoms with Gasteiger partial charge in [0.25, 0.3) is 10.0 Å². The molecule has 3 aliphatic carbocycles. The minimum atomic E-state index is -4.43. The molecule has 0 radical (unpaired) electrons. The molecule has 2 aliphatic heterocycles. The molecule has 17 heteroatoms. The Bertz CT molecular complexity index is 2080. The molecule has 58 heavy (non-hydrogen) atoms. The first-order valence-electron chi connectivity index (χ1n) is 20.4. The maximum atomic E-state index is 14.9. The molecule has 0 spiro atoms. The lowest BCUT2D eigenvalue weighted by Gasteiger charge is -2.35. The fraction of sp³-hybridized carbons (Fsp3) is 0.707. The maximum absolute atomic E-state index is 14.9. The molecular formula is C41H53ClF2N4O9S. The van der Waals surface area contributed by atoms with Gasteiger partial charge in [0.15, 0.2) is 9.99 Å². The standard InChI is InChI=1S/C41H53ClF2N4O9S/c1-6-24-32-21-48(34(24)30(49)20-40(19-26(40)35(43)44)38(52)47-58(53,54)41(42)14-15-41)37(51)25(39(2,3)4)18-33(50)56-31-16-22(31)10-8-7-9-11-28-36(57-32)46-29-17-23(55-5)12-13-27(29)45-28/h12-13,17,22,24-26,31-32,34-35H,6-11,14-16,18-21H2,1-5H3,(H,47,52)/t22-,24-,25-,26+,31-,32+,34+,40-/m1/s1. The van der Waals surface area contributed by atoms with Crippen LogP contribution in [0.4, 0.5) is 8.78 Å². The first-order valence-corrected chi connectivity index (χ1v) is 22.2. The molecular weight excluding hydrogens is 798 g/mol. The van der Waals surface area contributed by atoms with E-state index in [-0.39, 0.29) is 43.7 Å². The van der Waals surface area contributed by atoms with Gasteiger partial charge in [0.05, 0.1) is 48.5 Å². The van der Waals surface area contributed by atoms with Crippen molar-refractivity contribution >= 4 is 56.2 Å². The Labute approximate surface area is 342 Å². The number of aromatic nitrogens is 2. The summed E-state index contributed by atoms with van der Waals surface area (Å²) in [6.07, 6.45) is -0.246. The molecule has 1 N–H and O–H groups in total. The SMILES string of the molecule is CC[C@@H]1[C@@H]2CN(C(=O)[C@H](C(C)(C)C)CC(=O)O[C@@H]3C[C@H]3CCCCCc3nc4ccc(OC)cc4nc3O2)[C@@H]1C(=O)C[C@]1(C(=O)NS(=O)(=O)C2(Cl)CC2)C[C@H]1C(F)F. The average molecular weight is 851 g/mol. The number of esters is 1. The normalized spacial score (nSPS) is 31.3. The number of ether oxygens (including phenoxy) is 3. The lowest BCUT2D eigenvalue weighted by atomic mass is 9.77. The number of methoxy groups -OCH3 is 1. The lowest BCUT2D eigenvalue weighted by molar-refractivity contribution is -0.154. The van der Waals surface area contributed by atoms with Gasteiger partial charge >= 0.3 is 5.97 Å². The molecule has 3 saturated carbocycles. The number of fused-ring (bicyclic) bond motifs is 5. The molecule has 318 valence electrons. The highest BCUT2D eigenvalue weighted by molar-refractivity contribution is 7.93. The number of amides is 2. The van der Waals surface area contributed by atoms with Gasteiger partial charge in [-0.3, -0.25) is 23.9 Å². The number of Topliss-reactive ketones (excluding diaryl/α,β-unsaturated/α-hetero) is 1. The number of hydrogen-bond donors (Lipinski definition) is 1. The Morgan fingerprint density at radius 2 is 1.83 bits per heavy atom. The van der Waals surface area contributed by atoms with Crippen LogP contribution in [0.1, 0.15) is 104 Å². The van der Waals surface area contributed by atoms with Crippen molar-refractivity contribution in [1.29, 1.82) is 0 Å². The first-order chi connectivity index (χ1) is 27.3. The fourth-order valence-electron chi connectivity index (χ4n) is 8.91. The number of aryl methyl sites for hydroxylation is 1. The summed E-state index contributed by atoms with van der Waals surface area (Å²) in [7, 11) is -2.89. The van der Waals surface area contributed by atoms with Gasteiger partial charge in [0, 0.05) is 24.3 Å². The number of ketones is 1. The van der Waals surface area contributed by atoms with E-state index < -0.39 is 97.8 Å². The summed E-state index contributed by atoms with van der Waals surface area (Å²) in [5.74, 6) is -5.14. The van der Waals surface area contributed by atoms with Crippen LogP contribution < -0.4 is 14.2 Å². The number of alkyl halides is 3. The molecule has 1 saturated heterocycles. The van der Waals surface area contributed by atoms with E-state index in [0.717, 1.165) is 32.1 Å². The molecule has 5 aliphatic rings. The molecule has 2 aromatic rings. The van der Waals surface area contributed by atoms with Crippen molar-refractivity contribution in [3.05, 3.63) is 23.9 Å². The van der Waals surface area contributed by atoms with Gasteiger partial charge in [-0.2, -0.15) is 0 Å². The van der Waals surface area contributed by atoms with E-state index in [4.69, 9.17) is 35.8 Å². The van der Waals surface area contributed by atoms with E-state index in [1.807, 2.05) is 38.5 Å². The van der Waals surface area contributed by atoms with E-state index in [0.29, 0.717) is 35.3 Å². The zero-order valence-corrected chi connectivity index (χ0v) is 35.2. The smallest absolute Gasteiger partial charge is 0.306 e. The minimum Gasteiger partial charge on any atom is -0.497 e. The molecule has 0 unspecified atom stereocenters. The number of rotatable bonds is 9. The molecule has 13 nitrogen and oxygen atoms in total. The highest BCUT2D eigenvalue weighted by Gasteiger charge is 2.67. The molecule has 8 atom stereocenters. The number of nitrogens with zero attached hydrogens (tertiary/aromatic N) is 3. The predicted octanol–water partition coefficient (Wildman–Crippen LogP) is 6.13. The largest absolute Gasteiger partial charge is 0.497 e. The van der Waals surface area contributed by atoms with Gasteiger partial charge in [0.2, 0.25) is 24.1 Å². The number of sulfonamides is 1. The second-order valence-corrected chi connectivity index (χ2v) is 20.9. The summed E-state index contributed by atoms with van der Waals surface area (Å²) in [5, 5.41) is 0. The van der Waals surface area contributed by atoms with E-state index in [1.54, 1.807) is 19.2 Å². The van der Waals surface area contributed by atoms with Crippen LogP contribution in [0.2, 0.25) is 0 Å². The third-order valence-corrected chi connectivity index (χ3v) is 15.7. The Kier molecular flexibility index (Phi) is 11.5. The summed E-state index contributed by atoms with van der Waals surface area (Å²) in [6, 6.07) is 4.07. The Morgan fingerprint density at radius 3 is 2.47 bits per heavy atom. The first kappa shape index (κ1) is 42.5. The molecule has 1 aromatic carbocycles. The maximum Gasteiger partial charge on any atom is 0.306 e. The third kappa shape index (κ3) is 8.38. The van der Waals surface area contributed by atoms with E-state index in [9.17, 15) is 36.4 Å². The minimum absolute atomic E-state index is 0.0840. The summed E-state index contributed by atoms with van der Waals surface area (Å²) >= 11 is 6.14. The Balaban J connectivity index is 1.27. The van der Waals surface area contributed by atoms with Gasteiger partial charge < -0.3 is 19.1 Å². The van der Waals surface area contributed by atoms with E-state index >= 15 is 0 Å². The molecule has 1 aromatic heterocycles. The van der Waals surface area contributed by atoms with Crippen LogP contribution in [0.25, 0.3) is 11.0 Å². The number of carbonyl (C=O) groups is 4. The van der Waals surface area contributed by atoms with Crippen LogP contribution in [-0.4, -0.2) is 89.4 Å². The molecule has 2 amide bonds. The van der Waals surface area contributed by atoms with Crippen LogP contribution in [0.5, 0.6) is 11.6 Å². The van der Waals surface area contributed by atoms with Crippen molar-refractivity contribution in [2.24, 2.45) is 34.5 Å². The molecule has 3 heterocycles. The van der Waals surface area contributed by atoms with Crippen LogP contribution >= 0.6 is 11.6 Å². The van der Waals surface area contributed by atoms with Crippen molar-refractivity contribution in [2.45, 2.75) is 134 Å². The second-order valence-electron chi connectivity index (χ2n) is 18.0. The van der Waals surface area contributed by atoms with Gasteiger partial charge in [-0.1, -0.05) is 52.1 Å². The number of halogens is 3. The van der Waals surface area contributed by atoms with Crippen LogP contribution in [-0.2, 0) is 40.4 Å². The van der Waals surface area contributed by atoms with Crippen molar-refractivity contribution in [3.63, 3.8) is 0 Å². The summed E-state index contributed by atoms with van der Waals surface area (Å²) in [5.41, 5.74) is -1.07. The monoisotopic (exact) mass is 850 g/mol. The summed E-state index contributed by atoms with van der Waals surface area (Å²) < 4.78 is 72.9. The zero-order chi connectivity index (χ0) is 41.9. The number of carbonyl (C=O) groups excluding carboxylic acids is 4. The van der Waals surface area contributed by atoms with Crippen molar-refractivity contribution in [1.82, 2.24) is 19.6 Å². The zero-order valence-electron chi connectivity index (χ0n) is 33.6. The quantitative estimate of drug-likeness (QED) is 0.228. The Morgan fingerprint density at radius 1 is 1.09 bits per heavy atom. The Hall–Kier alpha value is -3.66. The fourth-order valence-corrected chi connectivity index (χ4v) is 10.4. The van der Waals surface area contributed by atoms with Crippen molar-refractivity contribution in [2.75, 3.05) is 13.7 Å². The van der Waals surface area contributed by atoms with Crippen LogP contribution in [0.3, 0.4) is 0 Å². The van der Waals surface area contributed by atoms with E-state index in [2.05, 4.69) is 0 Å². The van der Waals surface area contributed by atoms with Gasteiger partial charge in [0.1, 0.15) is 23.7 Å². The predicted molar refractivity (Wildman–Crippen MR) is 209 cm³/mol. The van der Waals surface area contributed by atoms with Gasteiger partial charge in [-0.15, -0.1) is 0 Å². The van der Waals surface area contributed by atoms with E-state index in [1.165, 1.54) is 4.90 Å². The number of nitrogens with one attached hydrogen (secondary N) is 1. The van der Waals surface area contributed by atoms with Crippen molar-refractivity contribution < 1.29 is 50.6 Å². The summed E-state index contributed by atoms with van der Waals surface area (Å²) in [6.45, 7) is 7.16. The molecule has 4 fully saturated rings. The molecule has 7 rings (SSSR count). The lowest BCUT2D eigenvalue weighted by Crippen LogP contribution is -2.50.